The average molecular weight is 396 g/mol. The molecule has 8 nitrogen and oxygen atoms in total. The van der Waals surface area contributed by atoms with Crippen LogP contribution in [-0.2, 0) is 0 Å². The molecule has 4 heterocycles. The number of amidine groups is 1. The van der Waals surface area contributed by atoms with Crippen LogP contribution >= 0.6 is 0 Å². The van der Waals surface area contributed by atoms with Crippen molar-refractivity contribution in [3.63, 3.8) is 0 Å². The van der Waals surface area contributed by atoms with E-state index >= 15 is 0 Å². The Labute approximate surface area is 166 Å². The van der Waals surface area contributed by atoms with Gasteiger partial charge in [-0.15, -0.1) is 0 Å². The minimum absolute atomic E-state index is 0.0314. The summed E-state index contributed by atoms with van der Waals surface area (Å²) in [7, 11) is 0. The summed E-state index contributed by atoms with van der Waals surface area (Å²) in [5.74, 6) is 0.772. The van der Waals surface area contributed by atoms with Crippen LogP contribution in [0.2, 0.25) is 0 Å². The van der Waals surface area contributed by atoms with Crippen LogP contribution in [0.25, 0.3) is 0 Å². The van der Waals surface area contributed by atoms with Gasteiger partial charge in [0.2, 0.25) is 5.95 Å². The van der Waals surface area contributed by atoms with Gasteiger partial charge in [0.25, 0.3) is 6.43 Å². The number of halogens is 2. The second-order valence-corrected chi connectivity index (χ2v) is 6.68. The molecule has 0 aliphatic carbocycles. The number of fused-ring (bicyclic) bond motifs is 1. The second kappa shape index (κ2) is 8.26. The van der Waals surface area contributed by atoms with Crippen LogP contribution in [0.4, 0.5) is 14.7 Å². The Morgan fingerprint density at radius 1 is 1.38 bits per heavy atom. The number of nitrogens with one attached hydrogen (secondary N) is 1. The van der Waals surface area contributed by atoms with Crippen molar-refractivity contribution in [3.8, 4) is 6.07 Å². The second-order valence-electron chi connectivity index (χ2n) is 6.68. The third-order valence-corrected chi connectivity index (χ3v) is 4.66. The molecule has 4 rings (SSSR count). The van der Waals surface area contributed by atoms with Crippen LogP contribution in [0.3, 0.4) is 0 Å². The first-order valence-corrected chi connectivity index (χ1v) is 9.20. The number of aromatic nitrogens is 2. The summed E-state index contributed by atoms with van der Waals surface area (Å²) in [6, 6.07) is 3.80. The third kappa shape index (κ3) is 4.18. The molecule has 0 saturated heterocycles. The van der Waals surface area contributed by atoms with Crippen molar-refractivity contribution in [2.75, 3.05) is 25.0 Å². The maximum Gasteiger partial charge on any atom is 0.257 e. The molecule has 3 aliphatic rings. The van der Waals surface area contributed by atoms with Gasteiger partial charge in [0.05, 0.1) is 48.8 Å². The topological polar surface area (TPSA) is 102 Å². The molecule has 148 valence electrons. The van der Waals surface area contributed by atoms with E-state index in [9.17, 15) is 8.78 Å². The lowest BCUT2D eigenvalue weighted by molar-refractivity contribution is 0.0941. The van der Waals surface area contributed by atoms with E-state index in [0.717, 1.165) is 5.57 Å². The number of rotatable bonds is 7. The first kappa shape index (κ1) is 18.9. The lowest BCUT2D eigenvalue weighted by Crippen LogP contribution is -2.25. The molecule has 0 bridgehead atoms. The molecule has 1 aromatic rings. The maximum atomic E-state index is 13.0. The van der Waals surface area contributed by atoms with E-state index in [0.29, 0.717) is 42.7 Å². The minimum Gasteiger partial charge on any atom is -0.353 e. The lowest BCUT2D eigenvalue weighted by Gasteiger charge is -2.17. The number of nitriles is 1. The summed E-state index contributed by atoms with van der Waals surface area (Å²) in [5, 5.41) is 17.5. The molecular weight excluding hydrogens is 378 g/mol. The fourth-order valence-electron chi connectivity index (χ4n) is 3.37. The maximum absolute atomic E-state index is 13.0. The van der Waals surface area contributed by atoms with E-state index in [1.807, 2.05) is 18.2 Å². The number of nitrogens with zero attached hydrogens (tertiary/aromatic N) is 7. The quantitative estimate of drug-likeness (QED) is 0.713. The number of dihydropyridines is 1. The van der Waals surface area contributed by atoms with Gasteiger partial charge in [-0.1, -0.05) is 12.2 Å². The molecular formula is C19H18F2N8. The van der Waals surface area contributed by atoms with Crippen LogP contribution in [0.15, 0.2) is 51.3 Å². The largest absolute Gasteiger partial charge is 0.353 e. The molecule has 3 aliphatic heterocycles. The number of hydrogen-bond donors (Lipinski definition) is 1. The van der Waals surface area contributed by atoms with Gasteiger partial charge in [0, 0.05) is 30.7 Å². The van der Waals surface area contributed by atoms with Gasteiger partial charge in [-0.25, -0.2) is 28.7 Å². The van der Waals surface area contributed by atoms with Gasteiger partial charge >= 0.3 is 0 Å². The van der Waals surface area contributed by atoms with Crippen molar-refractivity contribution in [1.29, 1.82) is 5.26 Å². The highest BCUT2D eigenvalue weighted by Crippen LogP contribution is 2.30. The number of aliphatic imine (C=N–C) groups is 2. The Balaban J connectivity index is 1.61. The van der Waals surface area contributed by atoms with Gasteiger partial charge in [-0.2, -0.15) is 10.4 Å². The SMILES string of the molecule is N#CCCNc1nccc([C@@H]2CN(CC(F)F)N=C2C2=C[C@H]3C=CN=C3N=C2)n1. The monoisotopic (exact) mass is 396 g/mol. The molecule has 0 spiro atoms. The van der Waals surface area contributed by atoms with E-state index in [4.69, 9.17) is 5.26 Å². The fraction of sp³-hybridized carbons (Fsp3) is 0.368. The van der Waals surface area contributed by atoms with E-state index in [1.165, 1.54) is 5.01 Å². The summed E-state index contributed by atoms with van der Waals surface area (Å²) >= 11 is 0. The normalized spacial score (nSPS) is 22.3. The van der Waals surface area contributed by atoms with Gasteiger partial charge in [0.1, 0.15) is 5.84 Å². The molecule has 0 unspecified atom stereocenters. The van der Waals surface area contributed by atoms with E-state index in [2.05, 4.69) is 30.4 Å². The van der Waals surface area contributed by atoms with Crippen molar-refractivity contribution in [1.82, 2.24) is 15.0 Å². The summed E-state index contributed by atoms with van der Waals surface area (Å²) in [6.07, 6.45) is 6.74. The number of alkyl halides is 2. The zero-order valence-corrected chi connectivity index (χ0v) is 15.4. The first-order valence-electron chi connectivity index (χ1n) is 9.20. The predicted octanol–water partition coefficient (Wildman–Crippen LogP) is 2.38. The number of anilines is 1. The van der Waals surface area contributed by atoms with Crippen molar-refractivity contribution in [2.24, 2.45) is 21.0 Å². The third-order valence-electron chi connectivity index (χ3n) is 4.66. The minimum atomic E-state index is -2.49. The Morgan fingerprint density at radius 3 is 3.10 bits per heavy atom. The van der Waals surface area contributed by atoms with Crippen molar-refractivity contribution >= 4 is 23.7 Å². The summed E-state index contributed by atoms with van der Waals surface area (Å²) in [4.78, 5) is 17.2. The van der Waals surface area contributed by atoms with Crippen LogP contribution in [0, 0.1) is 17.2 Å². The van der Waals surface area contributed by atoms with Crippen molar-refractivity contribution in [2.45, 2.75) is 18.8 Å². The number of hydrazone groups is 1. The molecule has 0 amide bonds. The van der Waals surface area contributed by atoms with E-state index in [-0.39, 0.29) is 11.8 Å². The van der Waals surface area contributed by atoms with Gasteiger partial charge < -0.3 is 5.32 Å². The molecule has 2 atom stereocenters. The summed E-state index contributed by atoms with van der Waals surface area (Å²) in [6.45, 7) is 0.275. The Kier molecular flexibility index (Phi) is 5.37. The molecule has 0 radical (unpaired) electrons. The Morgan fingerprint density at radius 2 is 2.28 bits per heavy atom. The van der Waals surface area contributed by atoms with Crippen molar-refractivity contribution in [3.05, 3.63) is 41.9 Å². The van der Waals surface area contributed by atoms with Crippen LogP contribution in [0.1, 0.15) is 18.0 Å². The van der Waals surface area contributed by atoms with Gasteiger partial charge in [-0.3, -0.25) is 5.01 Å². The predicted molar refractivity (Wildman–Crippen MR) is 105 cm³/mol. The highest BCUT2D eigenvalue weighted by atomic mass is 19.3. The van der Waals surface area contributed by atoms with Crippen LogP contribution < -0.4 is 5.32 Å². The van der Waals surface area contributed by atoms with Crippen LogP contribution in [-0.4, -0.2) is 58.8 Å². The molecule has 1 aromatic heterocycles. The average Bonchev–Trinajstić information content (AvgIpc) is 3.34. The zero-order valence-electron chi connectivity index (χ0n) is 15.4. The van der Waals surface area contributed by atoms with E-state index in [1.54, 1.807) is 24.7 Å². The summed E-state index contributed by atoms with van der Waals surface area (Å²) in [5.41, 5.74) is 2.10. The number of allylic oxidation sites excluding steroid dienone is 1. The molecule has 10 heteroatoms. The first-order chi connectivity index (χ1) is 14.1. The van der Waals surface area contributed by atoms with Gasteiger partial charge in [-0.05, 0) is 6.07 Å². The number of hydrogen-bond acceptors (Lipinski definition) is 8. The molecule has 0 fully saturated rings. The highest BCUT2D eigenvalue weighted by molar-refractivity contribution is 6.22. The molecule has 0 saturated carbocycles. The highest BCUT2D eigenvalue weighted by Gasteiger charge is 2.34. The smallest absolute Gasteiger partial charge is 0.257 e. The summed E-state index contributed by atoms with van der Waals surface area (Å²) < 4.78 is 25.9. The molecule has 1 N–H and O–H groups in total. The molecule has 29 heavy (non-hydrogen) atoms. The van der Waals surface area contributed by atoms with Gasteiger partial charge in [0.15, 0.2) is 0 Å². The Hall–Kier alpha value is -3.48. The molecule has 0 aromatic carbocycles. The zero-order chi connectivity index (χ0) is 20.2. The van der Waals surface area contributed by atoms with Crippen LogP contribution in [0.5, 0.6) is 0 Å². The Bertz CT molecular complexity index is 973. The standard InChI is InChI=1S/C19H18F2N8/c20-16(21)11-29-10-14(15-3-7-25-19(27-15)24-5-1-4-22)17(28-29)13-8-12-2-6-23-18(12)26-9-13/h2-3,6-9,12,14,16H,1,5,10-11H2,(H,24,25,27)/t12-,14+/m1/s1. The van der Waals surface area contributed by atoms with Crippen molar-refractivity contribution < 1.29 is 8.78 Å². The fourth-order valence-corrected chi connectivity index (χ4v) is 3.37. The lowest BCUT2D eigenvalue weighted by atomic mass is 9.91. The van der Waals surface area contributed by atoms with E-state index < -0.39 is 13.0 Å².